The van der Waals surface area contributed by atoms with Crippen molar-refractivity contribution < 1.29 is 4.74 Å². The Kier molecular flexibility index (Phi) is 2.54. The molecule has 1 aliphatic carbocycles. The average Bonchev–Trinajstić information content (AvgIpc) is 2.23. The number of hydrogen-bond donors (Lipinski definition) is 1. The van der Waals surface area contributed by atoms with Crippen molar-refractivity contribution in [3.63, 3.8) is 0 Å². The zero-order valence-electron chi connectivity index (χ0n) is 7.89. The molecule has 0 heterocycles. The van der Waals surface area contributed by atoms with Crippen molar-refractivity contribution in [1.82, 2.24) is 0 Å². The molecule has 1 aromatic rings. The standard InChI is InChI=1S/C12H13NO/c13-10-6-8-12(9-7-10)14-11-4-2-1-3-5-11/h1-4,6-9,11H,5,13H2. The molecule has 2 heteroatoms. The predicted octanol–water partition coefficient (Wildman–Crippen LogP) is 2.53. The van der Waals surface area contributed by atoms with Gasteiger partial charge in [-0.25, -0.2) is 0 Å². The van der Waals surface area contributed by atoms with E-state index in [1.54, 1.807) is 0 Å². The Morgan fingerprint density at radius 1 is 1.14 bits per heavy atom. The molecule has 0 radical (unpaired) electrons. The Morgan fingerprint density at radius 3 is 2.57 bits per heavy atom. The van der Waals surface area contributed by atoms with Crippen molar-refractivity contribution in [2.45, 2.75) is 12.5 Å². The summed E-state index contributed by atoms with van der Waals surface area (Å²) >= 11 is 0. The first-order valence-electron chi connectivity index (χ1n) is 4.70. The third-order valence-electron chi connectivity index (χ3n) is 2.11. The van der Waals surface area contributed by atoms with Gasteiger partial charge in [0.2, 0.25) is 0 Å². The lowest BCUT2D eigenvalue weighted by Crippen LogP contribution is -2.13. The van der Waals surface area contributed by atoms with Gasteiger partial charge in [-0.15, -0.1) is 0 Å². The maximum Gasteiger partial charge on any atom is 0.121 e. The van der Waals surface area contributed by atoms with E-state index in [4.69, 9.17) is 10.5 Å². The number of anilines is 1. The molecule has 0 amide bonds. The van der Waals surface area contributed by atoms with Crippen LogP contribution >= 0.6 is 0 Å². The first-order chi connectivity index (χ1) is 6.84. The van der Waals surface area contributed by atoms with Gasteiger partial charge < -0.3 is 10.5 Å². The Labute approximate surface area is 83.7 Å². The van der Waals surface area contributed by atoms with Crippen LogP contribution in [0, 0.1) is 0 Å². The van der Waals surface area contributed by atoms with Gasteiger partial charge in [-0.2, -0.15) is 0 Å². The second-order valence-electron chi connectivity index (χ2n) is 3.27. The van der Waals surface area contributed by atoms with E-state index in [1.165, 1.54) is 0 Å². The van der Waals surface area contributed by atoms with Crippen molar-refractivity contribution in [3.8, 4) is 5.75 Å². The summed E-state index contributed by atoms with van der Waals surface area (Å²) in [4.78, 5) is 0. The molecule has 1 atom stereocenters. The maximum atomic E-state index is 5.72. The Morgan fingerprint density at radius 2 is 1.93 bits per heavy atom. The summed E-state index contributed by atoms with van der Waals surface area (Å²) < 4.78 is 5.72. The summed E-state index contributed by atoms with van der Waals surface area (Å²) in [7, 11) is 0. The lowest BCUT2D eigenvalue weighted by molar-refractivity contribution is 0.252. The minimum Gasteiger partial charge on any atom is -0.486 e. The normalized spacial score (nSPS) is 19.6. The van der Waals surface area contributed by atoms with Crippen LogP contribution in [0.25, 0.3) is 0 Å². The van der Waals surface area contributed by atoms with Crippen molar-refractivity contribution >= 4 is 5.69 Å². The van der Waals surface area contributed by atoms with Crippen LogP contribution < -0.4 is 10.5 Å². The highest BCUT2D eigenvalue weighted by atomic mass is 16.5. The first-order valence-corrected chi connectivity index (χ1v) is 4.70. The maximum absolute atomic E-state index is 5.72. The molecule has 72 valence electrons. The molecule has 1 aliphatic rings. The van der Waals surface area contributed by atoms with Crippen LogP contribution in [-0.2, 0) is 0 Å². The quantitative estimate of drug-likeness (QED) is 0.722. The van der Waals surface area contributed by atoms with Crippen LogP contribution in [0.3, 0.4) is 0 Å². The fourth-order valence-electron chi connectivity index (χ4n) is 1.37. The molecule has 0 saturated carbocycles. The Hall–Kier alpha value is -1.70. The van der Waals surface area contributed by atoms with Gasteiger partial charge in [-0.05, 0) is 30.3 Å². The summed E-state index contributed by atoms with van der Waals surface area (Å²) in [5.74, 6) is 0.865. The predicted molar refractivity (Wildman–Crippen MR) is 58.2 cm³/mol. The molecule has 0 spiro atoms. The molecule has 2 rings (SSSR count). The Bertz CT molecular complexity index is 351. The van der Waals surface area contributed by atoms with E-state index in [1.807, 2.05) is 36.4 Å². The van der Waals surface area contributed by atoms with Crippen molar-refractivity contribution in [3.05, 3.63) is 48.6 Å². The second-order valence-corrected chi connectivity index (χ2v) is 3.27. The smallest absolute Gasteiger partial charge is 0.121 e. The molecule has 0 bridgehead atoms. The second kappa shape index (κ2) is 4.01. The van der Waals surface area contributed by atoms with E-state index in [9.17, 15) is 0 Å². The highest BCUT2D eigenvalue weighted by Crippen LogP contribution is 2.17. The molecule has 2 nitrogen and oxygen atoms in total. The summed E-state index contributed by atoms with van der Waals surface area (Å²) in [5, 5.41) is 0. The number of allylic oxidation sites excluding steroid dienone is 2. The molecule has 1 aromatic carbocycles. The van der Waals surface area contributed by atoms with E-state index in [2.05, 4.69) is 12.2 Å². The van der Waals surface area contributed by atoms with Gasteiger partial charge in [0.25, 0.3) is 0 Å². The summed E-state index contributed by atoms with van der Waals surface area (Å²) in [6, 6.07) is 7.47. The molecule has 14 heavy (non-hydrogen) atoms. The molecule has 1 unspecified atom stereocenters. The topological polar surface area (TPSA) is 35.2 Å². The van der Waals surface area contributed by atoms with Crippen molar-refractivity contribution in [2.75, 3.05) is 5.73 Å². The number of nitrogen functional groups attached to an aromatic ring is 1. The first kappa shape index (κ1) is 8.88. The van der Waals surface area contributed by atoms with E-state index < -0.39 is 0 Å². The zero-order valence-corrected chi connectivity index (χ0v) is 7.89. The number of rotatable bonds is 2. The van der Waals surface area contributed by atoms with Crippen LogP contribution in [0.15, 0.2) is 48.6 Å². The summed E-state index contributed by atoms with van der Waals surface area (Å²) in [5.41, 5.74) is 6.34. The molecular weight excluding hydrogens is 174 g/mol. The van der Waals surface area contributed by atoms with Gasteiger partial charge in [0.05, 0.1) is 0 Å². The highest BCUT2D eigenvalue weighted by molar-refractivity contribution is 5.41. The van der Waals surface area contributed by atoms with Gasteiger partial charge >= 0.3 is 0 Å². The van der Waals surface area contributed by atoms with Gasteiger partial charge in [0.1, 0.15) is 11.9 Å². The number of ether oxygens (including phenoxy) is 1. The van der Waals surface area contributed by atoms with E-state index in [0.717, 1.165) is 17.9 Å². The molecule has 2 N–H and O–H groups in total. The lowest BCUT2D eigenvalue weighted by atomic mass is 10.1. The molecule has 0 aromatic heterocycles. The average molecular weight is 187 g/mol. The van der Waals surface area contributed by atoms with Gasteiger partial charge in [0.15, 0.2) is 0 Å². The van der Waals surface area contributed by atoms with Gasteiger partial charge in [0, 0.05) is 12.1 Å². The molecule has 0 saturated heterocycles. The van der Waals surface area contributed by atoms with E-state index in [0.29, 0.717) is 0 Å². The fourth-order valence-corrected chi connectivity index (χ4v) is 1.37. The highest BCUT2D eigenvalue weighted by Gasteiger charge is 2.05. The van der Waals surface area contributed by atoms with Crippen molar-refractivity contribution in [1.29, 1.82) is 0 Å². The zero-order chi connectivity index (χ0) is 9.80. The monoisotopic (exact) mass is 187 g/mol. The summed E-state index contributed by atoms with van der Waals surface area (Å²) in [6.07, 6.45) is 9.27. The van der Waals surface area contributed by atoms with Crippen LogP contribution in [0.2, 0.25) is 0 Å². The van der Waals surface area contributed by atoms with Crippen LogP contribution in [0.1, 0.15) is 6.42 Å². The van der Waals surface area contributed by atoms with Crippen LogP contribution in [0.5, 0.6) is 5.75 Å². The van der Waals surface area contributed by atoms with Gasteiger partial charge in [-0.1, -0.05) is 18.2 Å². The molecule has 0 fully saturated rings. The third-order valence-corrected chi connectivity index (χ3v) is 2.11. The number of nitrogens with two attached hydrogens (primary N) is 1. The van der Waals surface area contributed by atoms with Crippen molar-refractivity contribution in [2.24, 2.45) is 0 Å². The SMILES string of the molecule is Nc1ccc(OC2C=CC=CC2)cc1. The lowest BCUT2D eigenvalue weighted by Gasteiger charge is -2.15. The Balaban J connectivity index is 2.00. The van der Waals surface area contributed by atoms with E-state index in [-0.39, 0.29) is 6.10 Å². The third kappa shape index (κ3) is 2.16. The largest absolute Gasteiger partial charge is 0.486 e. The molecular formula is C12H13NO. The minimum absolute atomic E-state index is 0.156. The molecule has 0 aliphatic heterocycles. The van der Waals surface area contributed by atoms with Crippen LogP contribution in [-0.4, -0.2) is 6.10 Å². The number of hydrogen-bond acceptors (Lipinski definition) is 2. The fraction of sp³-hybridized carbons (Fsp3) is 0.167. The number of benzene rings is 1. The van der Waals surface area contributed by atoms with Crippen LogP contribution in [0.4, 0.5) is 5.69 Å². The minimum atomic E-state index is 0.156. The van der Waals surface area contributed by atoms with E-state index >= 15 is 0 Å². The summed E-state index contributed by atoms with van der Waals surface area (Å²) in [6.45, 7) is 0. The van der Waals surface area contributed by atoms with Gasteiger partial charge in [-0.3, -0.25) is 0 Å².